The van der Waals surface area contributed by atoms with E-state index in [4.69, 9.17) is 4.55 Å². The predicted molar refractivity (Wildman–Crippen MR) is 96.2 cm³/mol. The van der Waals surface area contributed by atoms with Crippen molar-refractivity contribution in [1.82, 2.24) is 9.78 Å². The predicted octanol–water partition coefficient (Wildman–Crippen LogP) is 0.195. The molecule has 0 amide bonds. The van der Waals surface area contributed by atoms with Gasteiger partial charge in [0.15, 0.2) is 0 Å². The van der Waals surface area contributed by atoms with Crippen LogP contribution in [-0.2, 0) is 25.7 Å². The molecular formula is C13H16N2Na2O7S2. The Morgan fingerprint density at radius 2 is 1.50 bits per heavy atom. The average molecular weight is 422 g/mol. The van der Waals surface area contributed by atoms with Gasteiger partial charge in [-0.15, -0.1) is 0 Å². The van der Waals surface area contributed by atoms with Crippen LogP contribution in [0, 0.1) is 0 Å². The fourth-order valence-corrected chi connectivity index (χ4v) is 3.16. The van der Waals surface area contributed by atoms with Gasteiger partial charge in [-0.1, -0.05) is 20.8 Å². The molecule has 9 nitrogen and oxygen atoms in total. The largest absolute Gasteiger partial charge is 0.296 e. The number of H-pyrrole nitrogens is 1. The van der Waals surface area contributed by atoms with E-state index >= 15 is 0 Å². The Balaban J connectivity index is 0.00000312. The molecule has 0 aliphatic carbocycles. The summed E-state index contributed by atoms with van der Waals surface area (Å²) in [5, 5.41) is 2.68. The van der Waals surface area contributed by atoms with Crippen LogP contribution in [0.1, 0.15) is 26.5 Å². The van der Waals surface area contributed by atoms with Crippen molar-refractivity contribution in [2.45, 2.75) is 36.0 Å². The molecule has 0 saturated heterocycles. The maximum atomic E-state index is 12.2. The van der Waals surface area contributed by atoms with Gasteiger partial charge in [0, 0.05) is 76.3 Å². The summed E-state index contributed by atoms with van der Waals surface area (Å²) in [4.78, 5) is 10.9. The molecule has 0 saturated carbocycles. The summed E-state index contributed by atoms with van der Waals surface area (Å²) in [5.74, 6) is 0. The van der Waals surface area contributed by atoms with Gasteiger partial charge >= 0.3 is 0 Å². The smallest absolute Gasteiger partial charge is 0.294 e. The first kappa shape index (κ1) is 26.1. The summed E-state index contributed by atoms with van der Waals surface area (Å²) in [6.07, 6.45) is 0. The van der Waals surface area contributed by atoms with Crippen LogP contribution in [0.5, 0.6) is 0 Å². The average Bonchev–Trinajstić information content (AvgIpc) is 2.78. The maximum Gasteiger partial charge on any atom is 0.296 e. The Hall–Kier alpha value is 0.0500. The zero-order valence-electron chi connectivity index (χ0n) is 15.0. The molecule has 3 N–H and O–H groups in total. The molecular weight excluding hydrogens is 406 g/mol. The van der Waals surface area contributed by atoms with E-state index in [1.807, 2.05) is 0 Å². The van der Waals surface area contributed by atoms with Crippen molar-refractivity contribution in [2.75, 3.05) is 0 Å². The Kier molecular flexibility index (Phi) is 8.61. The first-order valence-electron chi connectivity index (χ1n) is 6.63. The fraction of sp³-hybridized carbons (Fsp3) is 0.308. The van der Waals surface area contributed by atoms with E-state index in [0.29, 0.717) is 5.69 Å². The third-order valence-electron chi connectivity index (χ3n) is 3.28. The minimum absolute atomic E-state index is 0. The normalized spacial score (nSPS) is 12.2. The van der Waals surface area contributed by atoms with E-state index in [1.165, 1.54) is 6.07 Å². The van der Waals surface area contributed by atoms with Crippen LogP contribution in [0.4, 0.5) is 0 Å². The maximum absolute atomic E-state index is 12.2. The number of aromatic nitrogens is 2. The summed E-state index contributed by atoms with van der Waals surface area (Å²) in [6.45, 7) is 5.42. The van der Waals surface area contributed by atoms with Crippen LogP contribution < -0.4 is 5.56 Å². The number of rotatable bonds is 3. The number of nitrogens with one attached hydrogen (secondary N) is 1. The second-order valence-electron chi connectivity index (χ2n) is 6.17. The van der Waals surface area contributed by atoms with Crippen molar-refractivity contribution in [2.24, 2.45) is 0 Å². The second-order valence-corrected chi connectivity index (χ2v) is 8.98. The van der Waals surface area contributed by atoms with Crippen molar-refractivity contribution < 1.29 is 25.9 Å². The Morgan fingerprint density at radius 1 is 0.962 bits per heavy atom. The molecule has 2 radical (unpaired) electrons. The summed E-state index contributed by atoms with van der Waals surface area (Å²) in [6, 6.07) is 3.61. The molecule has 2 aromatic rings. The third kappa shape index (κ3) is 5.77. The molecule has 0 atom stereocenters. The minimum atomic E-state index is -4.74. The first-order chi connectivity index (χ1) is 10.7. The summed E-state index contributed by atoms with van der Waals surface area (Å²) in [7, 11) is -9.38. The van der Waals surface area contributed by atoms with Crippen LogP contribution in [0.15, 0.2) is 38.9 Å². The quantitative estimate of drug-likeness (QED) is 0.473. The Labute approximate surface area is 195 Å². The van der Waals surface area contributed by atoms with E-state index in [2.05, 4.69) is 5.10 Å². The molecule has 0 spiro atoms. The van der Waals surface area contributed by atoms with E-state index in [9.17, 15) is 26.2 Å². The summed E-state index contributed by atoms with van der Waals surface area (Å²) in [5.41, 5.74) is -1.08. The summed E-state index contributed by atoms with van der Waals surface area (Å²) >= 11 is 0. The molecule has 26 heavy (non-hydrogen) atoms. The van der Waals surface area contributed by atoms with Crippen LogP contribution in [0.3, 0.4) is 0 Å². The van der Waals surface area contributed by atoms with Crippen molar-refractivity contribution in [3.8, 4) is 5.69 Å². The van der Waals surface area contributed by atoms with Gasteiger partial charge in [0.25, 0.3) is 25.8 Å². The first-order valence-corrected chi connectivity index (χ1v) is 9.51. The van der Waals surface area contributed by atoms with Gasteiger partial charge in [-0.2, -0.15) is 16.8 Å². The number of aromatic amines is 1. The standard InChI is InChI=1S/C13H16N2O7S2.2Na/c1-13(2,3)11-7-12(16)15(14-11)9-6-8(23(17,18)19)4-5-10(9)24(20,21)22;;/h4-7,14H,1-3H3,(H,17,18,19)(H,20,21,22);;. The van der Waals surface area contributed by atoms with Crippen molar-refractivity contribution in [3.05, 3.63) is 40.3 Å². The van der Waals surface area contributed by atoms with Crippen LogP contribution in [0.2, 0.25) is 0 Å². The number of hydrogen-bond donors (Lipinski definition) is 3. The van der Waals surface area contributed by atoms with Gasteiger partial charge in [-0.25, -0.2) is 4.68 Å². The molecule has 13 heteroatoms. The number of hydrogen-bond acceptors (Lipinski definition) is 5. The molecule has 134 valence electrons. The number of nitrogens with zero attached hydrogens (tertiary/aromatic N) is 1. The SMILES string of the molecule is CC(C)(C)c1cc(=O)n(-c2cc(S(=O)(=O)O)ccc2S(=O)(=O)O)[nH]1.[Na].[Na]. The minimum Gasteiger partial charge on any atom is -0.294 e. The fourth-order valence-electron chi connectivity index (χ4n) is 2.01. The topological polar surface area (TPSA) is 147 Å². The molecule has 0 bridgehead atoms. The van der Waals surface area contributed by atoms with Gasteiger partial charge in [0.1, 0.15) is 4.90 Å². The van der Waals surface area contributed by atoms with Gasteiger partial charge in [0.05, 0.1) is 10.6 Å². The zero-order valence-corrected chi connectivity index (χ0v) is 20.6. The molecule has 0 fully saturated rings. The van der Waals surface area contributed by atoms with E-state index in [1.54, 1.807) is 20.8 Å². The Morgan fingerprint density at radius 3 is 1.88 bits per heavy atom. The van der Waals surface area contributed by atoms with E-state index in [-0.39, 0.29) is 59.1 Å². The molecule has 1 aromatic heterocycles. The van der Waals surface area contributed by atoms with Crippen LogP contribution >= 0.6 is 0 Å². The van der Waals surface area contributed by atoms with Crippen molar-refractivity contribution in [3.63, 3.8) is 0 Å². The van der Waals surface area contributed by atoms with Gasteiger partial charge in [-0.05, 0) is 18.2 Å². The zero-order chi connectivity index (χ0) is 18.5. The molecule has 0 unspecified atom stereocenters. The van der Waals surface area contributed by atoms with Gasteiger partial charge in [0.2, 0.25) is 0 Å². The van der Waals surface area contributed by atoms with Crippen molar-refractivity contribution >= 4 is 79.4 Å². The van der Waals surface area contributed by atoms with Crippen LogP contribution in [0.25, 0.3) is 5.69 Å². The van der Waals surface area contributed by atoms with Gasteiger partial charge in [-0.3, -0.25) is 19.0 Å². The number of benzene rings is 1. The summed E-state index contributed by atoms with van der Waals surface area (Å²) < 4.78 is 64.8. The van der Waals surface area contributed by atoms with Crippen molar-refractivity contribution in [1.29, 1.82) is 0 Å². The van der Waals surface area contributed by atoms with Crippen LogP contribution in [-0.4, -0.2) is 94.8 Å². The molecule has 1 heterocycles. The molecule has 0 aliphatic heterocycles. The van der Waals surface area contributed by atoms with Gasteiger partial charge < -0.3 is 0 Å². The second kappa shape index (κ2) is 8.60. The molecule has 2 rings (SSSR count). The third-order valence-corrected chi connectivity index (χ3v) is 5.03. The Bertz CT molecular complexity index is 1060. The molecule has 0 aliphatic rings. The van der Waals surface area contributed by atoms with E-state index in [0.717, 1.165) is 22.9 Å². The van der Waals surface area contributed by atoms with E-state index < -0.39 is 46.7 Å². The monoisotopic (exact) mass is 422 g/mol. The molecule has 1 aromatic carbocycles.